The van der Waals surface area contributed by atoms with Crippen LogP contribution in [0.1, 0.15) is 19.4 Å². The number of aliphatic carboxylic acids is 1. The summed E-state index contributed by atoms with van der Waals surface area (Å²) >= 11 is 0. The molecule has 1 aromatic rings. The Kier molecular flexibility index (Phi) is 5.90. The second-order valence-corrected chi connectivity index (χ2v) is 4.80. The van der Waals surface area contributed by atoms with E-state index in [1.807, 2.05) is 0 Å². The maximum atomic E-state index is 13.5. The number of carbonyl (C=O) groups excluding carboxylic acids is 1. The molecule has 1 rings (SSSR count). The Labute approximate surface area is 122 Å². The van der Waals surface area contributed by atoms with Crippen molar-refractivity contribution in [3.8, 4) is 5.75 Å². The maximum Gasteiger partial charge on any atom is 0.326 e. The van der Waals surface area contributed by atoms with E-state index >= 15 is 0 Å². The summed E-state index contributed by atoms with van der Waals surface area (Å²) in [5.74, 6) is -2.30. The first-order chi connectivity index (χ1) is 9.85. The predicted molar refractivity (Wildman–Crippen MR) is 76.4 cm³/mol. The van der Waals surface area contributed by atoms with Crippen molar-refractivity contribution in [3.05, 3.63) is 35.7 Å². The molecule has 0 aliphatic rings. The number of amides is 1. The van der Waals surface area contributed by atoms with Crippen molar-refractivity contribution in [1.29, 1.82) is 0 Å². The second-order valence-electron chi connectivity index (χ2n) is 4.80. The molecule has 0 bridgehead atoms. The van der Waals surface area contributed by atoms with Crippen LogP contribution in [0.2, 0.25) is 0 Å². The monoisotopic (exact) mass is 295 g/mol. The Balaban J connectivity index is 2.74. The molecule has 2 N–H and O–H groups in total. The van der Waals surface area contributed by atoms with Crippen molar-refractivity contribution in [3.63, 3.8) is 0 Å². The lowest BCUT2D eigenvalue weighted by Gasteiger charge is -2.16. The van der Waals surface area contributed by atoms with Gasteiger partial charge in [0, 0.05) is 6.08 Å². The molecule has 0 heterocycles. The molecule has 0 saturated carbocycles. The third kappa shape index (κ3) is 4.91. The molecule has 0 aliphatic carbocycles. The lowest BCUT2D eigenvalue weighted by molar-refractivity contribution is -0.142. The number of carbonyl (C=O) groups is 2. The quantitative estimate of drug-likeness (QED) is 0.788. The predicted octanol–water partition coefficient (Wildman–Crippen LogP) is 2.07. The van der Waals surface area contributed by atoms with Crippen molar-refractivity contribution >= 4 is 18.0 Å². The molecule has 6 heteroatoms. The highest BCUT2D eigenvalue weighted by molar-refractivity contribution is 5.94. The molecule has 0 spiro atoms. The van der Waals surface area contributed by atoms with Gasteiger partial charge in [0.25, 0.3) is 0 Å². The molecule has 0 unspecified atom stereocenters. The minimum Gasteiger partial charge on any atom is -0.494 e. The Morgan fingerprint density at radius 2 is 2.05 bits per heavy atom. The summed E-state index contributed by atoms with van der Waals surface area (Å²) in [6.07, 6.45) is 2.57. The molecule has 1 amide bonds. The smallest absolute Gasteiger partial charge is 0.326 e. The largest absolute Gasteiger partial charge is 0.494 e. The molecule has 1 atom stereocenters. The molecular weight excluding hydrogens is 277 g/mol. The van der Waals surface area contributed by atoms with Crippen LogP contribution in [-0.4, -0.2) is 30.1 Å². The number of carboxylic acids is 1. The summed E-state index contributed by atoms with van der Waals surface area (Å²) in [5.41, 5.74) is 0.472. The van der Waals surface area contributed by atoms with Crippen molar-refractivity contribution in [2.75, 3.05) is 7.11 Å². The molecule has 114 valence electrons. The molecule has 21 heavy (non-hydrogen) atoms. The molecule has 0 radical (unpaired) electrons. The van der Waals surface area contributed by atoms with Gasteiger partial charge in [-0.15, -0.1) is 0 Å². The van der Waals surface area contributed by atoms with Gasteiger partial charge >= 0.3 is 5.97 Å². The van der Waals surface area contributed by atoms with Gasteiger partial charge in [-0.1, -0.05) is 19.9 Å². The number of ether oxygens (including phenoxy) is 1. The molecule has 1 aromatic carbocycles. The zero-order chi connectivity index (χ0) is 16.0. The number of nitrogens with one attached hydrogen (secondary N) is 1. The van der Waals surface area contributed by atoms with Gasteiger partial charge in [0.1, 0.15) is 6.04 Å². The molecule has 0 aliphatic heterocycles. The SMILES string of the molecule is COc1ccc(/C=C/C(=O)N[C@H](C(=O)O)C(C)C)cc1F. The number of hydrogen-bond donors (Lipinski definition) is 2. The first-order valence-corrected chi connectivity index (χ1v) is 6.40. The standard InChI is InChI=1S/C15H18FNO4/c1-9(2)14(15(19)20)17-13(18)7-5-10-4-6-12(21-3)11(16)8-10/h4-9,14H,1-3H3,(H,17,18)(H,19,20)/b7-5+/t14-/m0/s1. The molecule has 0 saturated heterocycles. The highest BCUT2D eigenvalue weighted by Crippen LogP contribution is 2.18. The summed E-state index contributed by atoms with van der Waals surface area (Å²) in [6, 6.07) is 3.29. The Morgan fingerprint density at radius 1 is 1.38 bits per heavy atom. The topological polar surface area (TPSA) is 75.6 Å². The van der Waals surface area contributed by atoms with E-state index in [0.29, 0.717) is 5.56 Å². The normalized spacial score (nSPS) is 12.4. The lowest BCUT2D eigenvalue weighted by Crippen LogP contribution is -2.43. The van der Waals surface area contributed by atoms with E-state index in [0.717, 1.165) is 0 Å². The van der Waals surface area contributed by atoms with Crippen LogP contribution in [0.15, 0.2) is 24.3 Å². The highest BCUT2D eigenvalue weighted by atomic mass is 19.1. The van der Waals surface area contributed by atoms with E-state index in [2.05, 4.69) is 5.32 Å². The van der Waals surface area contributed by atoms with Crippen LogP contribution in [0, 0.1) is 11.7 Å². The van der Waals surface area contributed by atoms with Gasteiger partial charge < -0.3 is 15.2 Å². The van der Waals surface area contributed by atoms with Gasteiger partial charge in [-0.25, -0.2) is 9.18 Å². The number of rotatable bonds is 6. The van der Waals surface area contributed by atoms with Crippen molar-refractivity contribution in [2.45, 2.75) is 19.9 Å². The van der Waals surface area contributed by atoms with Gasteiger partial charge in [-0.2, -0.15) is 0 Å². The fraction of sp³-hybridized carbons (Fsp3) is 0.333. The van der Waals surface area contributed by atoms with E-state index in [9.17, 15) is 14.0 Å². The van der Waals surface area contributed by atoms with Gasteiger partial charge in [-0.3, -0.25) is 4.79 Å². The van der Waals surface area contributed by atoms with Crippen LogP contribution in [0.25, 0.3) is 6.08 Å². The average Bonchev–Trinajstić information content (AvgIpc) is 2.42. The summed E-state index contributed by atoms with van der Waals surface area (Å²) in [4.78, 5) is 22.6. The second kappa shape index (κ2) is 7.42. The van der Waals surface area contributed by atoms with Crippen molar-refractivity contribution in [1.82, 2.24) is 5.32 Å². The van der Waals surface area contributed by atoms with Crippen LogP contribution >= 0.6 is 0 Å². The van der Waals surface area contributed by atoms with Crippen LogP contribution < -0.4 is 10.1 Å². The van der Waals surface area contributed by atoms with E-state index in [-0.39, 0.29) is 11.7 Å². The summed E-state index contributed by atoms with van der Waals surface area (Å²) in [7, 11) is 1.36. The highest BCUT2D eigenvalue weighted by Gasteiger charge is 2.22. The average molecular weight is 295 g/mol. The van der Waals surface area contributed by atoms with E-state index in [1.54, 1.807) is 19.9 Å². The van der Waals surface area contributed by atoms with Gasteiger partial charge in [0.2, 0.25) is 5.91 Å². The number of carboxylic acid groups (broad SMARTS) is 1. The number of hydrogen-bond acceptors (Lipinski definition) is 3. The summed E-state index contributed by atoms with van der Waals surface area (Å²) in [6.45, 7) is 3.39. The van der Waals surface area contributed by atoms with Crippen molar-refractivity contribution < 1.29 is 23.8 Å². The van der Waals surface area contributed by atoms with Crippen LogP contribution in [0.5, 0.6) is 5.75 Å². The number of methoxy groups -OCH3 is 1. The lowest BCUT2D eigenvalue weighted by atomic mass is 10.0. The Morgan fingerprint density at radius 3 is 2.52 bits per heavy atom. The fourth-order valence-corrected chi connectivity index (χ4v) is 1.67. The molecule has 0 aromatic heterocycles. The Hall–Kier alpha value is -2.37. The fourth-order valence-electron chi connectivity index (χ4n) is 1.67. The van der Waals surface area contributed by atoms with E-state index in [1.165, 1.54) is 31.4 Å². The summed E-state index contributed by atoms with van der Waals surface area (Å²) < 4.78 is 18.2. The van der Waals surface area contributed by atoms with Gasteiger partial charge in [0.15, 0.2) is 11.6 Å². The van der Waals surface area contributed by atoms with Gasteiger partial charge in [0.05, 0.1) is 7.11 Å². The van der Waals surface area contributed by atoms with Crippen LogP contribution in [0.3, 0.4) is 0 Å². The molecule has 5 nitrogen and oxygen atoms in total. The zero-order valence-electron chi connectivity index (χ0n) is 12.1. The van der Waals surface area contributed by atoms with E-state index < -0.39 is 23.7 Å². The first-order valence-electron chi connectivity index (χ1n) is 6.40. The minimum absolute atomic E-state index is 0.113. The Bertz CT molecular complexity index is 555. The van der Waals surface area contributed by atoms with Crippen molar-refractivity contribution in [2.24, 2.45) is 5.92 Å². The first kappa shape index (κ1) is 16.7. The summed E-state index contributed by atoms with van der Waals surface area (Å²) in [5, 5.41) is 11.3. The third-order valence-corrected chi connectivity index (χ3v) is 2.83. The minimum atomic E-state index is -1.10. The zero-order valence-corrected chi connectivity index (χ0v) is 12.1. The van der Waals surface area contributed by atoms with E-state index in [4.69, 9.17) is 9.84 Å². The van der Waals surface area contributed by atoms with Crippen LogP contribution in [-0.2, 0) is 9.59 Å². The van der Waals surface area contributed by atoms with Crippen LogP contribution in [0.4, 0.5) is 4.39 Å². The maximum absolute atomic E-state index is 13.5. The number of benzene rings is 1. The third-order valence-electron chi connectivity index (χ3n) is 2.83. The number of halogens is 1. The van der Waals surface area contributed by atoms with Gasteiger partial charge in [-0.05, 0) is 29.7 Å². The molecular formula is C15H18FNO4. The molecule has 0 fully saturated rings.